The third kappa shape index (κ3) is 2.65. The van der Waals surface area contributed by atoms with Crippen LogP contribution in [-0.2, 0) is 16.1 Å². The van der Waals surface area contributed by atoms with Crippen molar-refractivity contribution in [3.63, 3.8) is 0 Å². The summed E-state index contributed by atoms with van der Waals surface area (Å²) < 4.78 is 5.52. The van der Waals surface area contributed by atoms with Gasteiger partial charge < -0.3 is 15.0 Å². The molecule has 0 aromatic carbocycles. The van der Waals surface area contributed by atoms with E-state index in [9.17, 15) is 4.79 Å². The van der Waals surface area contributed by atoms with Crippen LogP contribution < -0.4 is 5.32 Å². The van der Waals surface area contributed by atoms with Gasteiger partial charge in [-0.05, 0) is 31.9 Å². The topological polar surface area (TPSA) is 79.9 Å². The molecule has 0 saturated carbocycles. The van der Waals surface area contributed by atoms with E-state index in [-0.39, 0.29) is 17.9 Å². The third-order valence-corrected chi connectivity index (χ3v) is 3.68. The molecule has 2 aromatic heterocycles. The molecule has 1 amide bonds. The van der Waals surface area contributed by atoms with E-state index in [0.29, 0.717) is 12.2 Å². The lowest BCUT2D eigenvalue weighted by Crippen LogP contribution is -2.40. The van der Waals surface area contributed by atoms with Gasteiger partial charge in [-0.1, -0.05) is 0 Å². The summed E-state index contributed by atoms with van der Waals surface area (Å²) in [6.45, 7) is 3.09. The maximum Gasteiger partial charge on any atom is 0.226 e. The minimum Gasteiger partial charge on any atom is -0.378 e. The fraction of sp³-hybridized carbons (Fsp3) is 0.500. The fourth-order valence-corrected chi connectivity index (χ4v) is 2.55. The molecule has 2 N–H and O–H groups in total. The van der Waals surface area contributed by atoms with Crippen molar-refractivity contribution in [1.29, 1.82) is 0 Å². The number of fused-ring (bicyclic) bond motifs is 1. The van der Waals surface area contributed by atoms with Gasteiger partial charge in [0.2, 0.25) is 5.91 Å². The summed E-state index contributed by atoms with van der Waals surface area (Å²) >= 11 is 0. The van der Waals surface area contributed by atoms with E-state index in [2.05, 4.69) is 20.3 Å². The fourth-order valence-electron chi connectivity index (χ4n) is 2.55. The number of pyridine rings is 1. The number of imidazole rings is 1. The van der Waals surface area contributed by atoms with Gasteiger partial charge in [0, 0.05) is 12.8 Å². The number of aromatic amines is 1. The average Bonchev–Trinajstić information content (AvgIpc) is 2.88. The summed E-state index contributed by atoms with van der Waals surface area (Å²) in [5.74, 6) is 0.688. The Morgan fingerprint density at radius 1 is 1.60 bits per heavy atom. The first kappa shape index (κ1) is 13.1. The maximum absolute atomic E-state index is 12.1. The Kier molecular flexibility index (Phi) is 3.64. The molecule has 6 heteroatoms. The third-order valence-electron chi connectivity index (χ3n) is 3.68. The Bertz CT molecular complexity index is 577. The molecule has 1 aliphatic heterocycles. The normalized spacial score (nSPS) is 22.9. The highest BCUT2D eigenvalue weighted by Crippen LogP contribution is 2.20. The summed E-state index contributed by atoms with van der Waals surface area (Å²) in [4.78, 5) is 23.8. The Hall–Kier alpha value is -1.95. The van der Waals surface area contributed by atoms with Crippen LogP contribution in [0.15, 0.2) is 18.3 Å². The second-order valence-electron chi connectivity index (χ2n) is 5.10. The second-order valence-corrected chi connectivity index (χ2v) is 5.10. The van der Waals surface area contributed by atoms with E-state index in [1.165, 1.54) is 0 Å². The van der Waals surface area contributed by atoms with Crippen molar-refractivity contribution in [1.82, 2.24) is 20.3 Å². The van der Waals surface area contributed by atoms with Crippen molar-refractivity contribution >= 4 is 17.1 Å². The van der Waals surface area contributed by atoms with E-state index in [4.69, 9.17) is 4.74 Å². The molecule has 1 aliphatic rings. The summed E-state index contributed by atoms with van der Waals surface area (Å²) in [6.07, 6.45) is 3.51. The van der Waals surface area contributed by atoms with Crippen molar-refractivity contribution in [3.05, 3.63) is 24.2 Å². The predicted molar refractivity (Wildman–Crippen MR) is 73.9 cm³/mol. The SMILES string of the molecule is CC1OCCCC1C(=O)NCc1nc2ncccc2[nH]1. The van der Waals surface area contributed by atoms with Crippen molar-refractivity contribution in [2.45, 2.75) is 32.4 Å². The molecule has 6 nitrogen and oxygen atoms in total. The van der Waals surface area contributed by atoms with Crippen molar-refractivity contribution in [2.75, 3.05) is 6.61 Å². The Balaban J connectivity index is 1.62. The first-order valence-electron chi connectivity index (χ1n) is 6.93. The number of rotatable bonds is 3. The van der Waals surface area contributed by atoms with Gasteiger partial charge >= 0.3 is 0 Å². The van der Waals surface area contributed by atoms with Gasteiger partial charge in [-0.15, -0.1) is 0 Å². The van der Waals surface area contributed by atoms with Gasteiger partial charge in [0.15, 0.2) is 5.65 Å². The van der Waals surface area contributed by atoms with Gasteiger partial charge in [-0.25, -0.2) is 9.97 Å². The van der Waals surface area contributed by atoms with E-state index >= 15 is 0 Å². The minimum atomic E-state index is -0.0637. The number of aromatic nitrogens is 3. The van der Waals surface area contributed by atoms with Crippen LogP contribution in [0, 0.1) is 5.92 Å². The maximum atomic E-state index is 12.1. The number of carbonyl (C=O) groups excluding carboxylic acids is 1. The molecule has 2 atom stereocenters. The van der Waals surface area contributed by atoms with Crippen molar-refractivity contribution in [2.24, 2.45) is 5.92 Å². The Morgan fingerprint density at radius 2 is 2.50 bits per heavy atom. The zero-order valence-corrected chi connectivity index (χ0v) is 11.4. The lowest BCUT2D eigenvalue weighted by molar-refractivity contribution is -0.133. The number of H-pyrrole nitrogens is 1. The average molecular weight is 274 g/mol. The van der Waals surface area contributed by atoms with E-state index in [1.54, 1.807) is 6.20 Å². The predicted octanol–water partition coefficient (Wildman–Crippen LogP) is 1.39. The minimum absolute atomic E-state index is 0.0129. The molecule has 20 heavy (non-hydrogen) atoms. The molecule has 1 saturated heterocycles. The first-order valence-corrected chi connectivity index (χ1v) is 6.93. The molecule has 0 bridgehead atoms. The van der Waals surface area contributed by atoms with Crippen molar-refractivity contribution < 1.29 is 9.53 Å². The Morgan fingerprint density at radius 3 is 3.30 bits per heavy atom. The van der Waals surface area contributed by atoms with Gasteiger partial charge in [-0.2, -0.15) is 0 Å². The number of hydrogen-bond donors (Lipinski definition) is 2. The molecule has 1 fully saturated rings. The molecule has 0 aliphatic carbocycles. The highest BCUT2D eigenvalue weighted by atomic mass is 16.5. The van der Waals surface area contributed by atoms with Gasteiger partial charge in [0.25, 0.3) is 0 Å². The summed E-state index contributed by atoms with van der Waals surface area (Å²) in [5.41, 5.74) is 1.55. The highest BCUT2D eigenvalue weighted by Gasteiger charge is 2.28. The summed E-state index contributed by atoms with van der Waals surface area (Å²) in [6, 6.07) is 3.77. The van der Waals surface area contributed by atoms with Crippen molar-refractivity contribution in [3.8, 4) is 0 Å². The first-order chi connectivity index (χ1) is 9.74. The van der Waals surface area contributed by atoms with Gasteiger partial charge in [-0.3, -0.25) is 4.79 Å². The van der Waals surface area contributed by atoms with Crippen LogP contribution in [0.3, 0.4) is 0 Å². The quantitative estimate of drug-likeness (QED) is 0.886. The van der Waals surface area contributed by atoms with Crippen LogP contribution in [0.1, 0.15) is 25.6 Å². The number of carbonyl (C=O) groups is 1. The largest absolute Gasteiger partial charge is 0.378 e. The molecular weight excluding hydrogens is 256 g/mol. The zero-order valence-electron chi connectivity index (χ0n) is 11.4. The van der Waals surface area contributed by atoms with Crippen LogP contribution in [0.4, 0.5) is 0 Å². The molecule has 2 unspecified atom stereocenters. The van der Waals surface area contributed by atoms with E-state index < -0.39 is 0 Å². The molecule has 0 radical (unpaired) electrons. The number of nitrogens with zero attached hydrogens (tertiary/aromatic N) is 2. The van der Waals surface area contributed by atoms with Gasteiger partial charge in [0.05, 0.1) is 24.1 Å². The molecule has 106 valence electrons. The number of hydrogen-bond acceptors (Lipinski definition) is 4. The van der Waals surface area contributed by atoms with E-state index in [0.717, 1.165) is 30.8 Å². The second kappa shape index (κ2) is 5.58. The molecule has 2 aromatic rings. The molecular formula is C14H18N4O2. The Labute approximate surface area is 117 Å². The monoisotopic (exact) mass is 274 g/mol. The lowest BCUT2D eigenvalue weighted by Gasteiger charge is -2.27. The van der Waals surface area contributed by atoms with Crippen LogP contribution in [0.5, 0.6) is 0 Å². The highest BCUT2D eigenvalue weighted by molar-refractivity contribution is 5.79. The molecule has 0 spiro atoms. The zero-order chi connectivity index (χ0) is 13.9. The smallest absolute Gasteiger partial charge is 0.226 e. The van der Waals surface area contributed by atoms with Crippen LogP contribution in [0.2, 0.25) is 0 Å². The lowest BCUT2D eigenvalue weighted by atomic mass is 9.94. The van der Waals surface area contributed by atoms with E-state index in [1.807, 2.05) is 19.1 Å². The number of nitrogens with one attached hydrogen (secondary N) is 2. The number of amides is 1. The standard InChI is InChI=1S/C14H18N4O2/c1-9-10(4-3-7-20-9)14(19)16-8-12-17-11-5-2-6-15-13(11)18-12/h2,5-6,9-10H,3-4,7-8H2,1H3,(H,16,19)(H,15,17,18). The summed E-state index contributed by atoms with van der Waals surface area (Å²) in [7, 11) is 0. The van der Waals surface area contributed by atoms with Gasteiger partial charge in [0.1, 0.15) is 5.82 Å². The van der Waals surface area contributed by atoms with Crippen LogP contribution >= 0.6 is 0 Å². The molecule has 3 heterocycles. The van der Waals surface area contributed by atoms with Crippen LogP contribution in [0.25, 0.3) is 11.2 Å². The number of ether oxygens (including phenoxy) is 1. The summed E-state index contributed by atoms with van der Waals surface area (Å²) in [5, 5.41) is 2.92. The molecule has 3 rings (SSSR count). The van der Waals surface area contributed by atoms with Crippen LogP contribution in [-0.4, -0.2) is 33.6 Å².